The van der Waals surface area contributed by atoms with Gasteiger partial charge in [0.25, 0.3) is 0 Å². The van der Waals surface area contributed by atoms with E-state index < -0.39 is 0 Å². The maximum Gasteiger partial charge on any atom is 1.00 e. The van der Waals surface area contributed by atoms with Crippen LogP contribution >= 0.6 is 0 Å². The van der Waals surface area contributed by atoms with E-state index in [-0.39, 0.29) is 37.4 Å². The summed E-state index contributed by atoms with van der Waals surface area (Å²) >= 11 is 0. The van der Waals surface area contributed by atoms with Crippen molar-refractivity contribution in [2.24, 2.45) is 0 Å². The van der Waals surface area contributed by atoms with E-state index in [0.717, 1.165) is 0 Å². The summed E-state index contributed by atoms with van der Waals surface area (Å²) in [6.07, 6.45) is 0. The largest absolute Gasteiger partial charge is 1.00 e. The van der Waals surface area contributed by atoms with Gasteiger partial charge in [0.1, 0.15) is 0 Å². The van der Waals surface area contributed by atoms with Crippen LogP contribution in [0.2, 0.25) is 0 Å². The van der Waals surface area contributed by atoms with E-state index >= 15 is 0 Å². The molecule has 0 aromatic heterocycles. The number of hydrogen-bond donors (Lipinski definition) is 0. The van der Waals surface area contributed by atoms with Gasteiger partial charge < -0.3 is 1.43 Å². The van der Waals surface area contributed by atoms with E-state index in [0.29, 0.717) is 0 Å². The first-order valence-electron chi connectivity index (χ1n) is 0.258. The van der Waals surface area contributed by atoms with Crippen molar-refractivity contribution in [3.63, 3.8) is 0 Å². The van der Waals surface area contributed by atoms with Gasteiger partial charge in [-0.15, -0.1) is 0 Å². The third kappa shape index (κ3) is 18.3. The van der Waals surface area contributed by atoms with Crippen LogP contribution in [-0.2, 0) is 17.1 Å². The standard InChI is InChI=1S/CHN.Cu.Li.H/c1-2;;;/h1H;;;/q;;+1;-1. The zero-order valence-electron chi connectivity index (χ0n) is 3.33. The van der Waals surface area contributed by atoms with Gasteiger partial charge in [0.05, 0.1) is 0 Å². The number of hydrogen-bond acceptors (Lipinski definition) is 1. The zero-order valence-corrected chi connectivity index (χ0v) is 3.27. The predicted octanol–water partition coefficient (Wildman–Crippen LogP) is -2.75. The molecular formula is CH2CuLiN. The Morgan fingerprint density at radius 3 is 1.50 bits per heavy atom. The number of nitriles is 1. The van der Waals surface area contributed by atoms with Gasteiger partial charge in [-0.2, -0.15) is 0 Å². The van der Waals surface area contributed by atoms with Crippen molar-refractivity contribution >= 4 is 0 Å². The Kier molecular flexibility index (Phi) is 386. The first kappa shape index (κ1) is 23.2. The van der Waals surface area contributed by atoms with E-state index in [4.69, 9.17) is 5.26 Å². The minimum absolute atomic E-state index is 0. The second-order valence-electron chi connectivity index (χ2n) is 0. The molecule has 0 aliphatic rings. The molecule has 23 valence electrons. The van der Waals surface area contributed by atoms with Crippen LogP contribution in [0.3, 0.4) is 0 Å². The molecule has 0 saturated heterocycles. The molecule has 0 rings (SSSR count). The summed E-state index contributed by atoms with van der Waals surface area (Å²) in [5.41, 5.74) is 0. The van der Waals surface area contributed by atoms with Crippen LogP contribution in [-0.4, -0.2) is 0 Å². The van der Waals surface area contributed by atoms with Gasteiger partial charge in [-0.05, 0) is 0 Å². The van der Waals surface area contributed by atoms with Gasteiger partial charge in [0.15, 0.2) is 0 Å². The average Bonchev–Trinajstić information content (AvgIpc) is 1.00. The Balaban J connectivity index is -0.00000000167. The summed E-state index contributed by atoms with van der Waals surface area (Å²) in [4.78, 5) is 0. The Morgan fingerprint density at radius 1 is 1.50 bits per heavy atom. The van der Waals surface area contributed by atoms with Crippen molar-refractivity contribution in [1.82, 2.24) is 0 Å². The average molecular weight is 98.5 g/mol. The second kappa shape index (κ2) is 66.6. The fraction of sp³-hybridized carbons (Fsp3) is 0. The van der Waals surface area contributed by atoms with Gasteiger partial charge in [-0.1, -0.05) is 0 Å². The Bertz CT molecular complexity index is 16.4. The SMILES string of the molecule is C#N.[Cu].[H-].[Li+]. The molecular weight excluding hydrogens is 96.5 g/mol. The van der Waals surface area contributed by atoms with E-state index in [2.05, 4.69) is 6.57 Å². The summed E-state index contributed by atoms with van der Waals surface area (Å²) < 4.78 is 0. The van der Waals surface area contributed by atoms with Crippen molar-refractivity contribution in [3.8, 4) is 6.57 Å². The second-order valence-corrected chi connectivity index (χ2v) is 0. The molecule has 0 amide bonds. The van der Waals surface area contributed by atoms with Gasteiger partial charge in [-0.25, -0.2) is 5.26 Å². The smallest absolute Gasteiger partial charge is 1.00 e. The van der Waals surface area contributed by atoms with E-state index in [1.165, 1.54) is 0 Å². The molecule has 0 heterocycles. The quantitative estimate of drug-likeness (QED) is 0.302. The summed E-state index contributed by atoms with van der Waals surface area (Å²) in [5.74, 6) is 0. The molecule has 0 aliphatic carbocycles. The fourth-order valence-electron chi connectivity index (χ4n) is 0. The molecule has 0 atom stereocenters. The Hall–Kier alpha value is 0.607. The van der Waals surface area contributed by atoms with Crippen molar-refractivity contribution in [2.45, 2.75) is 0 Å². The summed E-state index contributed by atoms with van der Waals surface area (Å²) in [6, 6.07) is 0. The van der Waals surface area contributed by atoms with Gasteiger partial charge >= 0.3 is 18.9 Å². The van der Waals surface area contributed by atoms with Gasteiger partial charge in [-0.3, -0.25) is 0 Å². The molecule has 0 saturated carbocycles. The monoisotopic (exact) mass is 98.0 g/mol. The zero-order chi connectivity index (χ0) is 2.00. The van der Waals surface area contributed by atoms with Crippen molar-refractivity contribution < 1.29 is 37.4 Å². The molecule has 4 heavy (non-hydrogen) atoms. The van der Waals surface area contributed by atoms with Crippen molar-refractivity contribution in [2.75, 3.05) is 0 Å². The maximum absolute atomic E-state index is 6.50. The minimum Gasteiger partial charge on any atom is -1.00 e. The van der Waals surface area contributed by atoms with Crippen molar-refractivity contribution in [1.29, 1.82) is 5.26 Å². The molecule has 0 N–H and O–H groups in total. The molecule has 3 heteroatoms. The first-order chi connectivity index (χ1) is 1.00. The van der Waals surface area contributed by atoms with Crippen molar-refractivity contribution in [3.05, 3.63) is 0 Å². The normalized spacial score (nSPS) is 0.500. The van der Waals surface area contributed by atoms with Crippen LogP contribution in [0.4, 0.5) is 0 Å². The summed E-state index contributed by atoms with van der Waals surface area (Å²) in [6.45, 7) is 3.50. The third-order valence-electron chi connectivity index (χ3n) is 0. The van der Waals surface area contributed by atoms with Crippen LogP contribution < -0.4 is 18.9 Å². The topological polar surface area (TPSA) is 23.8 Å². The fourth-order valence-corrected chi connectivity index (χ4v) is 0. The van der Waals surface area contributed by atoms with Crippen LogP contribution in [0.15, 0.2) is 0 Å². The molecule has 1 nitrogen and oxygen atoms in total. The van der Waals surface area contributed by atoms with Gasteiger partial charge in [0, 0.05) is 23.6 Å². The molecule has 0 spiro atoms. The summed E-state index contributed by atoms with van der Waals surface area (Å²) in [7, 11) is 0. The maximum atomic E-state index is 6.50. The molecule has 0 unspecified atom stereocenters. The minimum atomic E-state index is 0. The van der Waals surface area contributed by atoms with E-state index in [9.17, 15) is 0 Å². The molecule has 0 bridgehead atoms. The summed E-state index contributed by atoms with van der Waals surface area (Å²) in [5, 5.41) is 6.50. The molecule has 0 fully saturated rings. The third-order valence-corrected chi connectivity index (χ3v) is 0. The molecule has 0 aromatic carbocycles. The van der Waals surface area contributed by atoms with Gasteiger partial charge in [0.2, 0.25) is 0 Å². The number of rotatable bonds is 0. The van der Waals surface area contributed by atoms with Crippen LogP contribution in [0.1, 0.15) is 1.43 Å². The Morgan fingerprint density at radius 2 is 1.50 bits per heavy atom. The van der Waals surface area contributed by atoms with Crippen LogP contribution in [0.5, 0.6) is 0 Å². The van der Waals surface area contributed by atoms with E-state index in [1.54, 1.807) is 0 Å². The molecule has 0 aliphatic heterocycles. The van der Waals surface area contributed by atoms with Crippen LogP contribution in [0, 0.1) is 11.8 Å². The van der Waals surface area contributed by atoms with E-state index in [1.807, 2.05) is 0 Å². The predicted molar refractivity (Wildman–Crippen MR) is 7.78 cm³/mol. The number of nitrogens with zero attached hydrogens (tertiary/aromatic N) is 1. The molecule has 1 radical (unpaired) electrons. The van der Waals surface area contributed by atoms with Crippen LogP contribution in [0.25, 0.3) is 0 Å². The molecule has 0 aromatic rings. The Labute approximate surface area is 49.5 Å². The first-order valence-corrected chi connectivity index (χ1v) is 0.258.